The molecule has 2 fully saturated rings. The molecule has 2 aliphatic carbocycles. The topological polar surface area (TPSA) is 56.9 Å². The largest absolute Gasteiger partial charge is 0.337 e. The van der Waals surface area contributed by atoms with E-state index < -0.39 is 0 Å². The summed E-state index contributed by atoms with van der Waals surface area (Å²) in [5.41, 5.74) is -0.360. The zero-order valence-electron chi connectivity index (χ0n) is 12.3. The SMILES string of the molecule is CN(Cc1nccn1C)CC(C#N)(NC1CC1)C1CC1. The number of imidazole rings is 1. The summed E-state index contributed by atoms with van der Waals surface area (Å²) in [4.78, 5) is 6.58. The maximum atomic E-state index is 9.73. The summed E-state index contributed by atoms with van der Waals surface area (Å²) in [6.07, 6.45) is 8.60. The minimum absolute atomic E-state index is 0.360. The molecule has 20 heavy (non-hydrogen) atoms. The van der Waals surface area contributed by atoms with E-state index in [9.17, 15) is 5.26 Å². The third-order valence-electron chi connectivity index (χ3n) is 4.36. The Bertz CT molecular complexity index is 509. The zero-order valence-corrected chi connectivity index (χ0v) is 12.3. The third kappa shape index (κ3) is 2.87. The minimum atomic E-state index is -0.360. The van der Waals surface area contributed by atoms with Crippen LogP contribution in [0.4, 0.5) is 0 Å². The first-order chi connectivity index (χ1) is 9.63. The summed E-state index contributed by atoms with van der Waals surface area (Å²) in [6.45, 7) is 1.56. The fraction of sp³-hybridized carbons (Fsp3) is 0.733. The molecule has 0 radical (unpaired) electrons. The van der Waals surface area contributed by atoms with Crippen molar-refractivity contribution < 1.29 is 0 Å². The Kier molecular flexibility index (Phi) is 3.53. The molecule has 1 unspecified atom stereocenters. The number of hydrogen-bond donors (Lipinski definition) is 1. The predicted octanol–water partition coefficient (Wildman–Crippen LogP) is 1.28. The van der Waals surface area contributed by atoms with Gasteiger partial charge in [0.2, 0.25) is 0 Å². The molecule has 0 aromatic carbocycles. The van der Waals surface area contributed by atoms with Gasteiger partial charge in [-0.3, -0.25) is 10.2 Å². The number of aryl methyl sites for hydroxylation is 1. The van der Waals surface area contributed by atoms with Crippen LogP contribution in [-0.2, 0) is 13.6 Å². The van der Waals surface area contributed by atoms with Gasteiger partial charge >= 0.3 is 0 Å². The van der Waals surface area contributed by atoms with Crippen LogP contribution in [0.25, 0.3) is 0 Å². The summed E-state index contributed by atoms with van der Waals surface area (Å²) >= 11 is 0. The normalized spacial score (nSPS) is 21.7. The highest BCUT2D eigenvalue weighted by Crippen LogP contribution is 2.41. The maximum absolute atomic E-state index is 9.73. The van der Waals surface area contributed by atoms with Gasteiger partial charge in [-0.15, -0.1) is 0 Å². The van der Waals surface area contributed by atoms with Crippen molar-refractivity contribution in [3.05, 3.63) is 18.2 Å². The Morgan fingerprint density at radius 1 is 1.50 bits per heavy atom. The van der Waals surface area contributed by atoms with Crippen LogP contribution in [0, 0.1) is 17.2 Å². The van der Waals surface area contributed by atoms with E-state index in [1.807, 2.05) is 24.0 Å². The van der Waals surface area contributed by atoms with Crippen molar-refractivity contribution in [3.8, 4) is 6.07 Å². The number of nitrogens with zero attached hydrogens (tertiary/aromatic N) is 4. The van der Waals surface area contributed by atoms with Gasteiger partial charge in [0.25, 0.3) is 0 Å². The van der Waals surface area contributed by atoms with Crippen LogP contribution in [-0.4, -0.2) is 39.6 Å². The predicted molar refractivity (Wildman–Crippen MR) is 76.8 cm³/mol. The molecule has 2 saturated carbocycles. The summed E-state index contributed by atoms with van der Waals surface area (Å²) in [7, 11) is 4.09. The van der Waals surface area contributed by atoms with Gasteiger partial charge in [0.1, 0.15) is 11.4 Å². The molecule has 0 aliphatic heterocycles. The van der Waals surface area contributed by atoms with Crippen LogP contribution < -0.4 is 5.32 Å². The van der Waals surface area contributed by atoms with Gasteiger partial charge in [-0.05, 0) is 38.6 Å². The molecule has 0 amide bonds. The first-order valence-corrected chi connectivity index (χ1v) is 7.46. The fourth-order valence-corrected chi connectivity index (χ4v) is 2.89. The van der Waals surface area contributed by atoms with Gasteiger partial charge in [0.15, 0.2) is 0 Å². The van der Waals surface area contributed by atoms with E-state index in [1.54, 1.807) is 0 Å². The molecule has 1 atom stereocenters. The van der Waals surface area contributed by atoms with Crippen molar-refractivity contribution >= 4 is 0 Å². The third-order valence-corrected chi connectivity index (χ3v) is 4.36. The minimum Gasteiger partial charge on any atom is -0.337 e. The van der Waals surface area contributed by atoms with Crippen LogP contribution in [0.15, 0.2) is 12.4 Å². The Labute approximate surface area is 120 Å². The Balaban J connectivity index is 1.66. The second-order valence-electron chi connectivity index (χ2n) is 6.40. The van der Waals surface area contributed by atoms with Crippen molar-refractivity contribution in [2.24, 2.45) is 13.0 Å². The zero-order chi connectivity index (χ0) is 14.2. The molecule has 0 bridgehead atoms. The number of likely N-dealkylation sites (N-methyl/N-ethyl adjacent to an activating group) is 1. The lowest BCUT2D eigenvalue weighted by atomic mass is 9.94. The van der Waals surface area contributed by atoms with Crippen molar-refractivity contribution in [1.82, 2.24) is 19.8 Å². The van der Waals surface area contributed by atoms with Crippen molar-refractivity contribution in [2.45, 2.75) is 43.8 Å². The monoisotopic (exact) mass is 273 g/mol. The molecular weight excluding hydrogens is 250 g/mol. The number of rotatable bonds is 7. The second kappa shape index (κ2) is 5.19. The van der Waals surface area contributed by atoms with Crippen molar-refractivity contribution in [1.29, 1.82) is 5.26 Å². The van der Waals surface area contributed by atoms with Gasteiger partial charge in [-0.25, -0.2) is 4.98 Å². The smallest absolute Gasteiger partial charge is 0.122 e. The molecule has 0 saturated heterocycles. The average molecular weight is 273 g/mol. The first kappa shape index (κ1) is 13.6. The highest BCUT2D eigenvalue weighted by molar-refractivity contribution is 5.18. The molecule has 3 rings (SSSR count). The number of nitriles is 1. The van der Waals surface area contributed by atoms with Gasteiger partial charge in [0, 0.05) is 32.0 Å². The highest BCUT2D eigenvalue weighted by Gasteiger charge is 2.48. The lowest BCUT2D eigenvalue weighted by Crippen LogP contribution is -2.54. The molecule has 1 N–H and O–H groups in total. The van der Waals surface area contributed by atoms with E-state index in [0.717, 1.165) is 18.9 Å². The Morgan fingerprint density at radius 2 is 2.25 bits per heavy atom. The standard InChI is InChI=1S/C15H23N5/c1-19(9-14-17-7-8-20(14)2)11-15(10-16,12-3-4-12)18-13-5-6-13/h7-8,12-13,18H,3-6,9,11H2,1-2H3. The number of nitrogens with one attached hydrogen (secondary N) is 1. The van der Waals surface area contributed by atoms with E-state index in [1.165, 1.54) is 25.7 Å². The van der Waals surface area contributed by atoms with Crippen LogP contribution in [0.2, 0.25) is 0 Å². The first-order valence-electron chi connectivity index (χ1n) is 7.46. The maximum Gasteiger partial charge on any atom is 0.122 e. The summed E-state index contributed by atoms with van der Waals surface area (Å²) in [6, 6.07) is 3.16. The number of hydrogen-bond acceptors (Lipinski definition) is 4. The Hall–Kier alpha value is -1.38. The summed E-state index contributed by atoms with van der Waals surface area (Å²) < 4.78 is 2.04. The van der Waals surface area contributed by atoms with E-state index >= 15 is 0 Å². The van der Waals surface area contributed by atoms with Gasteiger partial charge in [-0.1, -0.05) is 0 Å². The molecule has 1 aromatic heterocycles. The van der Waals surface area contributed by atoms with Crippen LogP contribution in [0.3, 0.4) is 0 Å². The van der Waals surface area contributed by atoms with Crippen LogP contribution >= 0.6 is 0 Å². The molecule has 108 valence electrons. The van der Waals surface area contributed by atoms with Gasteiger partial charge < -0.3 is 4.57 Å². The number of aromatic nitrogens is 2. The summed E-state index contributed by atoms with van der Waals surface area (Å²) in [5, 5.41) is 13.3. The molecule has 1 heterocycles. The van der Waals surface area contributed by atoms with E-state index in [2.05, 4.69) is 28.3 Å². The van der Waals surface area contributed by atoms with E-state index in [4.69, 9.17) is 0 Å². The van der Waals surface area contributed by atoms with E-state index in [0.29, 0.717) is 12.0 Å². The highest BCUT2D eigenvalue weighted by atomic mass is 15.2. The van der Waals surface area contributed by atoms with Crippen LogP contribution in [0.1, 0.15) is 31.5 Å². The second-order valence-corrected chi connectivity index (χ2v) is 6.40. The molecule has 5 nitrogen and oxygen atoms in total. The molecule has 2 aliphatic rings. The van der Waals surface area contributed by atoms with Crippen molar-refractivity contribution in [3.63, 3.8) is 0 Å². The quantitative estimate of drug-likeness (QED) is 0.813. The van der Waals surface area contributed by atoms with Gasteiger partial charge in [0.05, 0.1) is 12.6 Å². The molecule has 1 aromatic rings. The molecular formula is C15H23N5. The lowest BCUT2D eigenvalue weighted by molar-refractivity contribution is 0.215. The van der Waals surface area contributed by atoms with Gasteiger partial charge in [-0.2, -0.15) is 5.26 Å². The summed E-state index contributed by atoms with van der Waals surface area (Å²) in [5.74, 6) is 1.57. The van der Waals surface area contributed by atoms with Crippen molar-refractivity contribution in [2.75, 3.05) is 13.6 Å². The van der Waals surface area contributed by atoms with Crippen LogP contribution in [0.5, 0.6) is 0 Å². The molecule has 5 heteroatoms. The Morgan fingerprint density at radius 3 is 2.75 bits per heavy atom. The molecule has 0 spiro atoms. The van der Waals surface area contributed by atoms with E-state index in [-0.39, 0.29) is 5.54 Å². The lowest BCUT2D eigenvalue weighted by Gasteiger charge is -2.32. The fourth-order valence-electron chi connectivity index (χ4n) is 2.89. The average Bonchev–Trinajstić information content (AvgIpc) is 3.31.